The standard InChI is InChI=1S/C22H18N6O3/c1-14-5-3-7-19(28-22(29)27(2)25-26-28)16(14)12-30-21-8-4-6-17(24-21)15-9-10-20-18(11-15)23-13-31-20/h3-11,13H,12H2,1-2H3. The lowest BCUT2D eigenvalue weighted by molar-refractivity contribution is 0.293. The van der Waals surface area contributed by atoms with Crippen molar-refractivity contribution in [3.63, 3.8) is 0 Å². The fourth-order valence-corrected chi connectivity index (χ4v) is 3.36. The molecule has 0 N–H and O–H groups in total. The first-order valence-corrected chi connectivity index (χ1v) is 9.61. The molecule has 0 radical (unpaired) electrons. The molecule has 9 heteroatoms. The van der Waals surface area contributed by atoms with Crippen LogP contribution in [0.15, 0.2) is 70.2 Å². The molecule has 0 unspecified atom stereocenters. The largest absolute Gasteiger partial charge is 0.473 e. The van der Waals surface area contributed by atoms with Crippen LogP contribution in [-0.2, 0) is 13.7 Å². The Balaban J connectivity index is 1.44. The molecule has 5 rings (SSSR count). The lowest BCUT2D eigenvalue weighted by Crippen LogP contribution is -2.23. The second-order valence-electron chi connectivity index (χ2n) is 7.05. The summed E-state index contributed by atoms with van der Waals surface area (Å²) in [6.45, 7) is 2.18. The molecule has 3 heterocycles. The molecule has 0 atom stereocenters. The normalized spacial score (nSPS) is 11.2. The Bertz CT molecular complexity index is 1450. The fraction of sp³-hybridized carbons (Fsp3) is 0.136. The first kappa shape index (κ1) is 18.7. The van der Waals surface area contributed by atoms with Gasteiger partial charge in [0.05, 0.1) is 11.4 Å². The van der Waals surface area contributed by atoms with E-state index in [9.17, 15) is 4.79 Å². The Morgan fingerprint density at radius 3 is 2.77 bits per heavy atom. The molecular weight excluding hydrogens is 396 g/mol. The highest BCUT2D eigenvalue weighted by atomic mass is 16.5. The van der Waals surface area contributed by atoms with Crippen LogP contribution < -0.4 is 10.4 Å². The molecule has 0 aliphatic heterocycles. The summed E-state index contributed by atoms with van der Waals surface area (Å²) in [6.07, 6.45) is 1.42. The second kappa shape index (κ2) is 7.52. The molecule has 5 aromatic rings. The lowest BCUT2D eigenvalue weighted by atomic mass is 10.1. The molecule has 0 bridgehead atoms. The van der Waals surface area contributed by atoms with Crippen molar-refractivity contribution >= 4 is 11.1 Å². The van der Waals surface area contributed by atoms with Gasteiger partial charge < -0.3 is 9.15 Å². The van der Waals surface area contributed by atoms with Crippen LogP contribution in [0.1, 0.15) is 11.1 Å². The number of benzene rings is 2. The quantitative estimate of drug-likeness (QED) is 0.436. The van der Waals surface area contributed by atoms with Crippen LogP contribution in [0.2, 0.25) is 0 Å². The van der Waals surface area contributed by atoms with E-state index in [1.165, 1.54) is 15.8 Å². The molecule has 0 spiro atoms. The number of aryl methyl sites for hydroxylation is 2. The van der Waals surface area contributed by atoms with E-state index in [0.29, 0.717) is 11.6 Å². The summed E-state index contributed by atoms with van der Waals surface area (Å²) in [5.41, 5.74) is 5.28. The third-order valence-corrected chi connectivity index (χ3v) is 5.05. The third-order valence-electron chi connectivity index (χ3n) is 5.05. The zero-order valence-corrected chi connectivity index (χ0v) is 16.9. The number of aromatic nitrogens is 6. The molecule has 3 aromatic heterocycles. The monoisotopic (exact) mass is 414 g/mol. The van der Waals surface area contributed by atoms with E-state index in [1.54, 1.807) is 13.1 Å². The fourth-order valence-electron chi connectivity index (χ4n) is 3.36. The van der Waals surface area contributed by atoms with E-state index in [4.69, 9.17) is 9.15 Å². The van der Waals surface area contributed by atoms with Gasteiger partial charge in [-0.15, -0.1) is 0 Å². The van der Waals surface area contributed by atoms with Crippen molar-refractivity contribution in [3.8, 4) is 22.8 Å². The molecule has 0 aliphatic carbocycles. The highest BCUT2D eigenvalue weighted by Crippen LogP contribution is 2.25. The predicted octanol–water partition coefficient (Wildman–Crippen LogP) is 3.06. The van der Waals surface area contributed by atoms with Gasteiger partial charge in [-0.2, -0.15) is 9.36 Å². The van der Waals surface area contributed by atoms with Gasteiger partial charge in [-0.05, 0) is 53.2 Å². The average Bonchev–Trinajstić information content (AvgIpc) is 3.39. The Kier molecular flexibility index (Phi) is 4.55. The van der Waals surface area contributed by atoms with Crippen LogP contribution in [0.25, 0.3) is 28.0 Å². The molecule has 31 heavy (non-hydrogen) atoms. The van der Waals surface area contributed by atoms with Gasteiger partial charge in [0.2, 0.25) is 5.88 Å². The second-order valence-corrected chi connectivity index (χ2v) is 7.05. The Hall–Kier alpha value is -4.27. The summed E-state index contributed by atoms with van der Waals surface area (Å²) in [5.74, 6) is 0.471. The molecule has 0 aliphatic rings. The number of tetrazole rings is 1. The first-order valence-electron chi connectivity index (χ1n) is 9.61. The van der Waals surface area contributed by atoms with Gasteiger partial charge in [0.15, 0.2) is 12.0 Å². The minimum atomic E-state index is -0.324. The van der Waals surface area contributed by atoms with Crippen molar-refractivity contribution in [1.29, 1.82) is 0 Å². The van der Waals surface area contributed by atoms with Gasteiger partial charge in [-0.1, -0.05) is 18.2 Å². The Labute approximate surface area is 176 Å². The van der Waals surface area contributed by atoms with Gasteiger partial charge in [-0.3, -0.25) is 0 Å². The zero-order chi connectivity index (χ0) is 21.4. The molecule has 0 fully saturated rings. The van der Waals surface area contributed by atoms with Gasteiger partial charge in [0.1, 0.15) is 12.1 Å². The van der Waals surface area contributed by atoms with E-state index in [2.05, 4.69) is 20.4 Å². The number of hydrogen-bond donors (Lipinski definition) is 0. The van der Waals surface area contributed by atoms with Gasteiger partial charge in [-0.25, -0.2) is 14.8 Å². The number of fused-ring (bicyclic) bond motifs is 1. The SMILES string of the molecule is Cc1cccc(-n2nnn(C)c2=O)c1COc1cccc(-c2ccc3ocnc3c2)n1. The maximum absolute atomic E-state index is 12.3. The van der Waals surface area contributed by atoms with Crippen molar-refractivity contribution in [2.24, 2.45) is 7.05 Å². The Morgan fingerprint density at radius 2 is 1.94 bits per heavy atom. The molecule has 0 amide bonds. The number of hydrogen-bond acceptors (Lipinski definition) is 7. The van der Waals surface area contributed by atoms with Gasteiger partial charge in [0, 0.05) is 24.2 Å². The van der Waals surface area contributed by atoms with E-state index < -0.39 is 0 Å². The number of rotatable bonds is 5. The van der Waals surface area contributed by atoms with E-state index >= 15 is 0 Å². The molecule has 0 saturated heterocycles. The average molecular weight is 414 g/mol. The summed E-state index contributed by atoms with van der Waals surface area (Å²) >= 11 is 0. The predicted molar refractivity (Wildman–Crippen MR) is 113 cm³/mol. The van der Waals surface area contributed by atoms with Crippen molar-refractivity contribution in [2.45, 2.75) is 13.5 Å². The molecule has 154 valence electrons. The minimum Gasteiger partial charge on any atom is -0.473 e. The maximum atomic E-state index is 12.3. The molecule has 0 saturated carbocycles. The van der Waals surface area contributed by atoms with Crippen molar-refractivity contribution < 1.29 is 9.15 Å². The summed E-state index contributed by atoms with van der Waals surface area (Å²) in [6, 6.07) is 17.0. The van der Waals surface area contributed by atoms with Crippen LogP contribution in [-0.4, -0.2) is 29.8 Å². The zero-order valence-electron chi connectivity index (χ0n) is 16.9. The van der Waals surface area contributed by atoms with Crippen LogP contribution in [0, 0.1) is 6.92 Å². The summed E-state index contributed by atoms with van der Waals surface area (Å²) in [7, 11) is 1.56. The lowest BCUT2D eigenvalue weighted by Gasteiger charge is -2.13. The van der Waals surface area contributed by atoms with Gasteiger partial charge in [0.25, 0.3) is 0 Å². The van der Waals surface area contributed by atoms with Crippen molar-refractivity contribution in [1.82, 2.24) is 29.8 Å². The molecule has 2 aromatic carbocycles. The highest BCUT2D eigenvalue weighted by molar-refractivity contribution is 5.79. The molecular formula is C22H18N6O3. The topological polar surface area (TPSA) is 101 Å². The van der Waals surface area contributed by atoms with Crippen LogP contribution in [0.4, 0.5) is 0 Å². The summed E-state index contributed by atoms with van der Waals surface area (Å²) < 4.78 is 13.7. The van der Waals surface area contributed by atoms with E-state index in [0.717, 1.165) is 33.5 Å². The minimum absolute atomic E-state index is 0.226. The summed E-state index contributed by atoms with van der Waals surface area (Å²) in [4.78, 5) is 21.1. The first-order chi connectivity index (χ1) is 15.1. The Morgan fingerprint density at radius 1 is 1.06 bits per heavy atom. The molecule has 9 nitrogen and oxygen atoms in total. The van der Waals surface area contributed by atoms with Crippen LogP contribution in [0.5, 0.6) is 5.88 Å². The van der Waals surface area contributed by atoms with E-state index in [-0.39, 0.29) is 12.3 Å². The third kappa shape index (κ3) is 3.46. The van der Waals surface area contributed by atoms with Crippen LogP contribution >= 0.6 is 0 Å². The van der Waals surface area contributed by atoms with Crippen LogP contribution in [0.3, 0.4) is 0 Å². The van der Waals surface area contributed by atoms with E-state index in [1.807, 2.05) is 55.5 Å². The van der Waals surface area contributed by atoms with Crippen molar-refractivity contribution in [3.05, 3.63) is 82.6 Å². The number of nitrogens with zero attached hydrogens (tertiary/aromatic N) is 6. The number of pyridine rings is 1. The maximum Gasteiger partial charge on any atom is 0.368 e. The smallest absolute Gasteiger partial charge is 0.368 e. The number of ether oxygens (including phenoxy) is 1. The van der Waals surface area contributed by atoms with Gasteiger partial charge >= 0.3 is 5.69 Å². The van der Waals surface area contributed by atoms with Crippen molar-refractivity contribution in [2.75, 3.05) is 0 Å². The summed E-state index contributed by atoms with van der Waals surface area (Å²) in [5, 5.41) is 7.75. The number of oxazole rings is 1. The highest BCUT2D eigenvalue weighted by Gasteiger charge is 2.14.